The van der Waals surface area contributed by atoms with E-state index in [-0.39, 0.29) is 11.8 Å². The first-order valence-corrected chi connectivity index (χ1v) is 11.9. The fourth-order valence-electron chi connectivity index (χ4n) is 3.36. The van der Waals surface area contributed by atoms with E-state index in [9.17, 15) is 4.79 Å². The number of hydrogen-bond acceptors (Lipinski definition) is 6. The largest absolute Gasteiger partial charge is 0.357 e. The average molecular weight is 445 g/mol. The fourth-order valence-corrected chi connectivity index (χ4v) is 4.60. The van der Waals surface area contributed by atoms with Gasteiger partial charge in [0.2, 0.25) is 5.91 Å². The van der Waals surface area contributed by atoms with Gasteiger partial charge in [0.15, 0.2) is 5.13 Å². The number of benzene rings is 1. The maximum atomic E-state index is 12.7. The SMILES string of the molecule is CSc1ccc(-c2csc(NC(=O)C3CCN(c4ccc(Cl)cn4)CC3)n2)cc1. The summed E-state index contributed by atoms with van der Waals surface area (Å²) in [5, 5.41) is 6.27. The summed E-state index contributed by atoms with van der Waals surface area (Å²) in [4.78, 5) is 25.1. The molecule has 1 aliphatic rings. The van der Waals surface area contributed by atoms with E-state index in [4.69, 9.17) is 11.6 Å². The van der Waals surface area contributed by atoms with Gasteiger partial charge in [0.05, 0.1) is 10.7 Å². The highest BCUT2D eigenvalue weighted by Crippen LogP contribution is 2.28. The van der Waals surface area contributed by atoms with E-state index >= 15 is 0 Å². The molecule has 8 heteroatoms. The molecule has 4 rings (SSSR count). The topological polar surface area (TPSA) is 58.1 Å². The molecule has 1 saturated heterocycles. The molecular weight excluding hydrogens is 424 g/mol. The molecule has 0 radical (unpaired) electrons. The van der Waals surface area contributed by atoms with Crippen molar-refractivity contribution in [3.8, 4) is 11.3 Å². The standard InChI is InChI=1S/C21H21ClN4OS2/c1-28-17-5-2-14(3-6-17)18-13-29-21(24-18)25-20(27)15-8-10-26(11-9-15)19-7-4-16(22)12-23-19/h2-7,12-13,15H,8-11H2,1H3,(H,24,25,27). The number of carbonyl (C=O) groups excluding carboxylic acids is 1. The predicted molar refractivity (Wildman–Crippen MR) is 122 cm³/mol. The number of aromatic nitrogens is 2. The second kappa shape index (κ2) is 9.15. The minimum atomic E-state index is -0.00763. The Morgan fingerprint density at radius 3 is 2.62 bits per heavy atom. The highest BCUT2D eigenvalue weighted by molar-refractivity contribution is 7.98. The number of nitrogens with one attached hydrogen (secondary N) is 1. The van der Waals surface area contributed by atoms with Crippen molar-refractivity contribution in [1.82, 2.24) is 9.97 Å². The van der Waals surface area contributed by atoms with Crippen LogP contribution < -0.4 is 10.2 Å². The summed E-state index contributed by atoms with van der Waals surface area (Å²) in [5.41, 5.74) is 1.95. The number of carbonyl (C=O) groups is 1. The molecular formula is C21H21ClN4OS2. The van der Waals surface area contributed by atoms with Gasteiger partial charge in [-0.3, -0.25) is 4.79 Å². The number of rotatable bonds is 5. The summed E-state index contributed by atoms with van der Waals surface area (Å²) in [5.74, 6) is 0.949. The van der Waals surface area contributed by atoms with E-state index < -0.39 is 0 Å². The maximum absolute atomic E-state index is 12.7. The van der Waals surface area contributed by atoms with Gasteiger partial charge >= 0.3 is 0 Å². The van der Waals surface area contributed by atoms with Gasteiger partial charge in [-0.1, -0.05) is 23.7 Å². The number of amides is 1. The van der Waals surface area contributed by atoms with Crippen molar-refractivity contribution in [2.24, 2.45) is 5.92 Å². The average Bonchev–Trinajstić information content (AvgIpc) is 3.23. The summed E-state index contributed by atoms with van der Waals surface area (Å²) in [6.07, 6.45) is 5.31. The van der Waals surface area contributed by atoms with Crippen LogP contribution in [0, 0.1) is 5.92 Å². The molecule has 5 nitrogen and oxygen atoms in total. The molecule has 1 amide bonds. The van der Waals surface area contributed by atoms with Gasteiger partial charge in [0.1, 0.15) is 5.82 Å². The van der Waals surface area contributed by atoms with Crippen LogP contribution in [0.1, 0.15) is 12.8 Å². The number of thiazole rings is 1. The van der Waals surface area contributed by atoms with Crippen molar-refractivity contribution >= 4 is 51.6 Å². The normalized spacial score (nSPS) is 14.8. The molecule has 0 bridgehead atoms. The Morgan fingerprint density at radius 1 is 1.21 bits per heavy atom. The molecule has 0 atom stereocenters. The molecule has 0 aliphatic carbocycles. The Bertz CT molecular complexity index is 967. The number of anilines is 2. The molecule has 1 aliphatic heterocycles. The van der Waals surface area contributed by atoms with Crippen LogP contribution in [0.15, 0.2) is 52.9 Å². The fraction of sp³-hybridized carbons (Fsp3) is 0.286. The molecule has 0 saturated carbocycles. The van der Waals surface area contributed by atoms with E-state index in [2.05, 4.69) is 50.7 Å². The third kappa shape index (κ3) is 4.91. The lowest BCUT2D eigenvalue weighted by atomic mass is 9.96. The minimum absolute atomic E-state index is 0.00763. The van der Waals surface area contributed by atoms with Gasteiger partial charge in [-0.15, -0.1) is 23.1 Å². The predicted octanol–water partition coefficient (Wildman–Crippen LogP) is 5.44. The van der Waals surface area contributed by atoms with Crippen LogP contribution in [0.3, 0.4) is 0 Å². The number of nitrogens with zero attached hydrogens (tertiary/aromatic N) is 3. The Morgan fingerprint density at radius 2 is 1.97 bits per heavy atom. The van der Waals surface area contributed by atoms with E-state index in [1.807, 2.05) is 17.5 Å². The summed E-state index contributed by atoms with van der Waals surface area (Å²) < 4.78 is 0. The number of halogens is 1. The van der Waals surface area contributed by atoms with Crippen LogP contribution in [-0.2, 0) is 4.79 Å². The summed E-state index contributed by atoms with van der Waals surface area (Å²) in [6.45, 7) is 1.61. The lowest BCUT2D eigenvalue weighted by Gasteiger charge is -2.31. The number of hydrogen-bond donors (Lipinski definition) is 1. The molecule has 29 heavy (non-hydrogen) atoms. The first-order valence-electron chi connectivity index (χ1n) is 9.39. The Hall–Kier alpha value is -2.09. The molecule has 150 valence electrons. The molecule has 1 fully saturated rings. The third-order valence-corrected chi connectivity index (χ3v) is 6.75. The molecule has 3 aromatic rings. The highest BCUT2D eigenvalue weighted by Gasteiger charge is 2.26. The molecule has 2 aromatic heterocycles. The quantitative estimate of drug-likeness (QED) is 0.531. The zero-order valence-corrected chi connectivity index (χ0v) is 18.4. The molecule has 1 aromatic carbocycles. The van der Waals surface area contributed by atoms with Crippen molar-refractivity contribution in [3.05, 3.63) is 53.0 Å². The van der Waals surface area contributed by atoms with Crippen LogP contribution in [0.5, 0.6) is 0 Å². The number of thioether (sulfide) groups is 1. The van der Waals surface area contributed by atoms with Crippen LogP contribution in [0.25, 0.3) is 11.3 Å². The monoisotopic (exact) mass is 444 g/mol. The molecule has 0 spiro atoms. The lowest BCUT2D eigenvalue weighted by molar-refractivity contribution is -0.120. The van der Waals surface area contributed by atoms with Crippen LogP contribution in [0.2, 0.25) is 5.02 Å². The van der Waals surface area contributed by atoms with Gasteiger partial charge in [-0.25, -0.2) is 9.97 Å². The van der Waals surface area contributed by atoms with Crippen LogP contribution >= 0.6 is 34.7 Å². The van der Waals surface area contributed by atoms with E-state index in [0.29, 0.717) is 10.2 Å². The number of piperidine rings is 1. The van der Waals surface area contributed by atoms with Crippen molar-refractivity contribution < 1.29 is 4.79 Å². The van der Waals surface area contributed by atoms with Crippen molar-refractivity contribution in [2.45, 2.75) is 17.7 Å². The minimum Gasteiger partial charge on any atom is -0.357 e. The van der Waals surface area contributed by atoms with Gasteiger partial charge in [0, 0.05) is 41.0 Å². The van der Waals surface area contributed by atoms with Crippen molar-refractivity contribution in [1.29, 1.82) is 0 Å². The second-order valence-electron chi connectivity index (χ2n) is 6.85. The smallest absolute Gasteiger partial charge is 0.229 e. The van der Waals surface area contributed by atoms with Gasteiger partial charge in [-0.05, 0) is 43.4 Å². The Kier molecular flexibility index (Phi) is 6.37. The van der Waals surface area contributed by atoms with E-state index in [1.165, 1.54) is 16.2 Å². The zero-order valence-electron chi connectivity index (χ0n) is 16.0. The van der Waals surface area contributed by atoms with Gasteiger partial charge < -0.3 is 10.2 Å². The first kappa shape index (κ1) is 20.2. The van der Waals surface area contributed by atoms with E-state index in [0.717, 1.165) is 43.0 Å². The Labute approximate surface area is 183 Å². The molecule has 1 N–H and O–H groups in total. The van der Waals surface area contributed by atoms with Gasteiger partial charge in [-0.2, -0.15) is 0 Å². The number of pyridine rings is 1. The zero-order chi connectivity index (χ0) is 20.2. The lowest BCUT2D eigenvalue weighted by Crippen LogP contribution is -2.38. The highest BCUT2D eigenvalue weighted by atomic mass is 35.5. The van der Waals surface area contributed by atoms with Crippen LogP contribution in [0.4, 0.5) is 10.9 Å². The van der Waals surface area contributed by atoms with E-state index in [1.54, 1.807) is 18.0 Å². The molecule has 0 unspecified atom stereocenters. The van der Waals surface area contributed by atoms with Crippen LogP contribution in [-0.4, -0.2) is 35.2 Å². The summed E-state index contributed by atoms with van der Waals surface area (Å²) >= 11 is 9.08. The first-order chi connectivity index (χ1) is 14.1. The molecule has 3 heterocycles. The van der Waals surface area contributed by atoms with Gasteiger partial charge in [0.25, 0.3) is 0 Å². The summed E-state index contributed by atoms with van der Waals surface area (Å²) in [6, 6.07) is 12.1. The van der Waals surface area contributed by atoms with Crippen molar-refractivity contribution in [3.63, 3.8) is 0 Å². The summed E-state index contributed by atoms with van der Waals surface area (Å²) in [7, 11) is 0. The Balaban J connectivity index is 1.33. The second-order valence-corrected chi connectivity index (χ2v) is 9.03. The van der Waals surface area contributed by atoms with Crippen molar-refractivity contribution in [2.75, 3.05) is 29.6 Å². The third-order valence-electron chi connectivity index (χ3n) is 5.02. The maximum Gasteiger partial charge on any atom is 0.229 e.